The molecule has 0 N–H and O–H groups in total. The number of anilines is 1. The molecule has 0 atom stereocenters. The molecule has 0 spiro atoms. The van der Waals surface area contributed by atoms with E-state index in [1.165, 1.54) is 0 Å². The highest BCUT2D eigenvalue weighted by atomic mass is 35.5. The number of hydrogen-bond donors (Lipinski definition) is 0. The second-order valence-electron chi connectivity index (χ2n) is 4.20. The number of ether oxygens (including phenoxy) is 1. The highest BCUT2D eigenvalue weighted by molar-refractivity contribution is 6.33. The third kappa shape index (κ3) is 4.06. The van der Waals surface area contributed by atoms with Gasteiger partial charge in [-0.25, -0.2) is 0 Å². The predicted octanol–water partition coefficient (Wildman–Crippen LogP) is 3.94. The van der Waals surface area contributed by atoms with Gasteiger partial charge in [0.1, 0.15) is 0 Å². The van der Waals surface area contributed by atoms with Gasteiger partial charge < -0.3 is 9.64 Å². The first-order chi connectivity index (χ1) is 8.10. The molecule has 0 heterocycles. The van der Waals surface area contributed by atoms with Gasteiger partial charge in [-0.3, -0.25) is 0 Å². The van der Waals surface area contributed by atoms with Crippen LogP contribution in [0.25, 0.3) is 0 Å². The largest absolute Gasteiger partial charge is 0.383 e. The number of methoxy groups -OCH3 is 1. The smallest absolute Gasteiger partial charge is 0.0642 e. The lowest BCUT2D eigenvalue weighted by Crippen LogP contribution is -2.34. The maximum Gasteiger partial charge on any atom is 0.0642 e. The van der Waals surface area contributed by atoms with Crippen LogP contribution in [0.15, 0.2) is 18.2 Å². The lowest BCUT2D eigenvalue weighted by molar-refractivity contribution is 0.204. The van der Waals surface area contributed by atoms with Crippen molar-refractivity contribution in [1.82, 2.24) is 0 Å². The van der Waals surface area contributed by atoms with Crippen LogP contribution in [0.1, 0.15) is 19.4 Å². The molecule has 0 aliphatic rings. The van der Waals surface area contributed by atoms with Crippen molar-refractivity contribution in [3.8, 4) is 0 Å². The number of hydrogen-bond acceptors (Lipinski definition) is 2. The Morgan fingerprint density at radius 3 is 2.53 bits per heavy atom. The number of alkyl halides is 1. The van der Waals surface area contributed by atoms with Gasteiger partial charge in [-0.15, -0.1) is 11.6 Å². The van der Waals surface area contributed by atoms with Crippen molar-refractivity contribution in [2.75, 3.05) is 25.2 Å². The lowest BCUT2D eigenvalue weighted by atomic mass is 10.2. The molecule has 0 unspecified atom stereocenters. The monoisotopic (exact) mass is 275 g/mol. The van der Waals surface area contributed by atoms with E-state index in [9.17, 15) is 0 Å². The minimum absolute atomic E-state index is 0.379. The van der Waals surface area contributed by atoms with Gasteiger partial charge in [0.25, 0.3) is 0 Å². The molecule has 1 aromatic rings. The van der Waals surface area contributed by atoms with Gasteiger partial charge in [-0.2, -0.15) is 0 Å². The Balaban J connectivity index is 2.93. The molecular formula is C13H19Cl2NO. The van der Waals surface area contributed by atoms with E-state index >= 15 is 0 Å². The summed E-state index contributed by atoms with van der Waals surface area (Å²) in [6, 6.07) is 6.34. The summed E-state index contributed by atoms with van der Waals surface area (Å²) in [6.45, 7) is 5.79. The van der Waals surface area contributed by atoms with Crippen molar-refractivity contribution >= 4 is 28.9 Å². The molecule has 0 fully saturated rings. The highest BCUT2D eigenvalue weighted by Crippen LogP contribution is 2.28. The molecule has 2 nitrogen and oxygen atoms in total. The first kappa shape index (κ1) is 14.6. The normalized spacial score (nSPS) is 10.9. The van der Waals surface area contributed by atoms with E-state index in [4.69, 9.17) is 27.9 Å². The summed E-state index contributed by atoms with van der Waals surface area (Å²) in [5.74, 6) is 0.486. The van der Waals surface area contributed by atoms with Crippen molar-refractivity contribution in [2.45, 2.75) is 25.8 Å². The van der Waals surface area contributed by atoms with Gasteiger partial charge in [0.2, 0.25) is 0 Å². The predicted molar refractivity (Wildman–Crippen MR) is 75.4 cm³/mol. The standard InChI is InChI=1S/C13H19Cl2NO/c1-10(2)16(6-7-17-3)13-5-4-11(9-14)8-12(13)15/h4-5,8,10H,6-7,9H2,1-3H3. The fraction of sp³-hybridized carbons (Fsp3) is 0.538. The van der Waals surface area contributed by atoms with Gasteiger partial charge in [-0.1, -0.05) is 17.7 Å². The number of benzene rings is 1. The van der Waals surface area contributed by atoms with Gasteiger partial charge in [-0.05, 0) is 31.5 Å². The summed E-state index contributed by atoms with van der Waals surface area (Å²) in [4.78, 5) is 2.23. The van der Waals surface area contributed by atoms with Crippen LogP contribution in [0.4, 0.5) is 5.69 Å². The number of nitrogens with zero attached hydrogens (tertiary/aromatic N) is 1. The van der Waals surface area contributed by atoms with Crippen molar-refractivity contribution < 1.29 is 4.74 Å². The Morgan fingerprint density at radius 1 is 1.35 bits per heavy atom. The van der Waals surface area contributed by atoms with E-state index < -0.39 is 0 Å². The zero-order valence-electron chi connectivity index (χ0n) is 10.5. The van der Waals surface area contributed by atoms with E-state index in [0.717, 1.165) is 22.8 Å². The number of rotatable bonds is 6. The van der Waals surface area contributed by atoms with Gasteiger partial charge in [0.15, 0.2) is 0 Å². The van der Waals surface area contributed by atoms with Crippen LogP contribution < -0.4 is 4.90 Å². The first-order valence-corrected chi connectivity index (χ1v) is 6.61. The zero-order valence-corrected chi connectivity index (χ0v) is 12.1. The minimum Gasteiger partial charge on any atom is -0.383 e. The Morgan fingerprint density at radius 2 is 2.06 bits per heavy atom. The van der Waals surface area contributed by atoms with Crippen LogP contribution >= 0.6 is 23.2 Å². The highest BCUT2D eigenvalue weighted by Gasteiger charge is 2.13. The molecule has 0 saturated carbocycles. The van der Waals surface area contributed by atoms with E-state index in [1.807, 2.05) is 18.2 Å². The lowest BCUT2D eigenvalue weighted by Gasteiger charge is -2.29. The van der Waals surface area contributed by atoms with E-state index in [0.29, 0.717) is 18.5 Å². The summed E-state index contributed by atoms with van der Waals surface area (Å²) >= 11 is 12.1. The minimum atomic E-state index is 0.379. The first-order valence-electron chi connectivity index (χ1n) is 5.70. The molecule has 17 heavy (non-hydrogen) atoms. The average Bonchev–Trinajstić information content (AvgIpc) is 2.30. The van der Waals surface area contributed by atoms with E-state index in [-0.39, 0.29) is 0 Å². The SMILES string of the molecule is COCCN(c1ccc(CCl)cc1Cl)C(C)C. The topological polar surface area (TPSA) is 12.5 Å². The molecule has 0 aliphatic heterocycles. The summed E-state index contributed by atoms with van der Waals surface area (Å²) in [6.07, 6.45) is 0. The van der Waals surface area contributed by atoms with Crippen LogP contribution in [0.2, 0.25) is 5.02 Å². The van der Waals surface area contributed by atoms with E-state index in [2.05, 4.69) is 18.7 Å². The molecule has 0 bridgehead atoms. The van der Waals surface area contributed by atoms with Crippen molar-refractivity contribution in [1.29, 1.82) is 0 Å². The summed E-state index contributed by atoms with van der Waals surface area (Å²) in [5, 5.41) is 0.743. The van der Waals surface area contributed by atoms with Gasteiger partial charge in [0.05, 0.1) is 17.3 Å². The zero-order chi connectivity index (χ0) is 12.8. The second-order valence-corrected chi connectivity index (χ2v) is 4.87. The maximum atomic E-state index is 6.28. The van der Waals surface area contributed by atoms with E-state index in [1.54, 1.807) is 7.11 Å². The van der Waals surface area contributed by atoms with Crippen LogP contribution in [0.5, 0.6) is 0 Å². The molecule has 0 amide bonds. The Hall–Kier alpha value is -0.440. The number of halogens is 2. The van der Waals surface area contributed by atoms with Crippen LogP contribution in [0, 0.1) is 0 Å². The second kappa shape index (κ2) is 7.10. The molecule has 1 rings (SSSR count). The molecule has 96 valence electrons. The third-order valence-corrected chi connectivity index (χ3v) is 3.25. The van der Waals surface area contributed by atoms with Crippen molar-refractivity contribution in [3.05, 3.63) is 28.8 Å². The fourth-order valence-corrected chi connectivity index (χ4v) is 2.19. The van der Waals surface area contributed by atoms with Crippen LogP contribution in [-0.2, 0) is 10.6 Å². The summed E-state index contributed by atoms with van der Waals surface area (Å²) in [5.41, 5.74) is 2.07. The molecule has 0 saturated heterocycles. The van der Waals surface area contributed by atoms with Gasteiger partial charge in [0, 0.05) is 25.6 Å². The van der Waals surface area contributed by atoms with Crippen molar-refractivity contribution in [3.63, 3.8) is 0 Å². The maximum absolute atomic E-state index is 6.28. The molecule has 0 radical (unpaired) electrons. The third-order valence-electron chi connectivity index (χ3n) is 2.64. The Kier molecular flexibility index (Phi) is 6.10. The molecule has 4 heteroatoms. The Bertz CT molecular complexity index is 355. The van der Waals surface area contributed by atoms with Crippen molar-refractivity contribution in [2.24, 2.45) is 0 Å². The summed E-state index contributed by atoms with van der Waals surface area (Å²) < 4.78 is 5.12. The van der Waals surface area contributed by atoms with Gasteiger partial charge >= 0.3 is 0 Å². The van der Waals surface area contributed by atoms with Crippen LogP contribution in [-0.4, -0.2) is 26.3 Å². The fourth-order valence-electron chi connectivity index (χ4n) is 1.71. The molecule has 0 aliphatic carbocycles. The Labute approximate surface area is 113 Å². The average molecular weight is 276 g/mol. The quantitative estimate of drug-likeness (QED) is 0.730. The van der Waals surface area contributed by atoms with Crippen LogP contribution in [0.3, 0.4) is 0 Å². The molecule has 1 aromatic carbocycles. The molecule has 0 aromatic heterocycles. The molecular weight excluding hydrogens is 257 g/mol. The summed E-state index contributed by atoms with van der Waals surface area (Å²) in [7, 11) is 1.71.